The third-order valence-corrected chi connectivity index (χ3v) is 14.1. The predicted molar refractivity (Wildman–Crippen MR) is 255 cm³/mol. The highest BCUT2D eigenvalue weighted by molar-refractivity contribution is 5.73. The van der Waals surface area contributed by atoms with Gasteiger partial charge in [0.2, 0.25) is 0 Å². The van der Waals surface area contributed by atoms with Gasteiger partial charge in [-0.3, -0.25) is 19.4 Å². The summed E-state index contributed by atoms with van der Waals surface area (Å²) in [5.41, 5.74) is 7.05. The first-order valence-corrected chi connectivity index (χ1v) is 23.7. The summed E-state index contributed by atoms with van der Waals surface area (Å²) in [5.74, 6) is -0.925. The van der Waals surface area contributed by atoms with Crippen molar-refractivity contribution in [2.75, 3.05) is 76.3 Å². The van der Waals surface area contributed by atoms with E-state index < -0.39 is 17.2 Å². The minimum absolute atomic E-state index is 0.00434. The van der Waals surface area contributed by atoms with Gasteiger partial charge in [-0.1, -0.05) is 24.3 Å². The van der Waals surface area contributed by atoms with E-state index in [1.165, 1.54) is 46.5 Å². The van der Waals surface area contributed by atoms with Crippen molar-refractivity contribution in [2.24, 2.45) is 11.8 Å². The number of esters is 1. The fourth-order valence-corrected chi connectivity index (χ4v) is 9.43. The van der Waals surface area contributed by atoms with Gasteiger partial charge in [0.25, 0.3) is 0 Å². The Morgan fingerprint density at radius 3 is 1.49 bits per heavy atom. The molecule has 0 spiro atoms. The molecule has 0 atom stereocenters. The average Bonchev–Trinajstić information content (AvgIpc) is 3.21. The Balaban J connectivity index is 0.000000252. The number of amides is 1. The molecule has 4 saturated heterocycles. The maximum Gasteiger partial charge on any atom is 0.410 e. The van der Waals surface area contributed by atoms with Gasteiger partial charge in [0.1, 0.15) is 11.2 Å². The molecule has 0 bridgehead atoms. The number of anilines is 2. The van der Waals surface area contributed by atoms with E-state index in [2.05, 4.69) is 103 Å². The zero-order chi connectivity index (χ0) is 46.3. The number of hydrogen-bond donors (Lipinski definition) is 2. The molecule has 12 nitrogen and oxygen atoms in total. The molecule has 352 valence electrons. The molecule has 4 heterocycles. The molecule has 2 aromatic carbocycles. The van der Waals surface area contributed by atoms with Gasteiger partial charge >= 0.3 is 18.0 Å². The van der Waals surface area contributed by atoms with Crippen molar-refractivity contribution in [1.29, 1.82) is 0 Å². The smallest absolute Gasteiger partial charge is 0.410 e. The van der Waals surface area contributed by atoms with Crippen molar-refractivity contribution < 1.29 is 29.0 Å². The van der Waals surface area contributed by atoms with Crippen LogP contribution >= 0.6 is 0 Å². The summed E-state index contributed by atoms with van der Waals surface area (Å²) in [4.78, 5) is 48.0. The van der Waals surface area contributed by atoms with Crippen molar-refractivity contribution in [3.63, 3.8) is 0 Å². The number of carboxylic acids is 1. The summed E-state index contributed by atoms with van der Waals surface area (Å²) in [5, 5.41) is 12.7. The minimum atomic E-state index is -0.646. The standard InChI is InChI=1S/C30H49N3O4.C21H33N3O2/c1-22-10-11-24(25(20-22)32-16-12-23(13-17-32)26(34)36-28(2,3)4)21-31(9)30(8)14-18-33(19-15-30)27(35)37-29(5,6)7;1-16-4-5-18(15-23(3)21(2)8-10-22-11-9-21)19(14-16)24-12-6-17(7-13-24)20(25)26/h10-11,20,23H,12-19,21H2,1-9H3;4-5,14,17,22H,6-13,15H2,1-3H3,(H,25,26). The summed E-state index contributed by atoms with van der Waals surface area (Å²) in [7, 11) is 4.44. The highest BCUT2D eigenvalue weighted by Crippen LogP contribution is 2.35. The lowest BCUT2D eigenvalue weighted by molar-refractivity contribution is -0.160. The van der Waals surface area contributed by atoms with E-state index in [1.807, 2.05) is 46.4 Å². The second kappa shape index (κ2) is 21.0. The van der Waals surface area contributed by atoms with Crippen LogP contribution in [0.5, 0.6) is 0 Å². The maximum absolute atomic E-state index is 12.6. The number of carbonyl (C=O) groups excluding carboxylic acids is 2. The number of benzene rings is 2. The van der Waals surface area contributed by atoms with Crippen LogP contribution in [0.3, 0.4) is 0 Å². The number of nitrogens with one attached hydrogen (secondary N) is 1. The predicted octanol–water partition coefficient (Wildman–Crippen LogP) is 8.64. The molecule has 0 aromatic heterocycles. The second-order valence-electron chi connectivity index (χ2n) is 21.6. The molecule has 63 heavy (non-hydrogen) atoms. The van der Waals surface area contributed by atoms with Gasteiger partial charge in [0, 0.05) is 74.8 Å². The number of carbonyl (C=O) groups is 3. The van der Waals surface area contributed by atoms with Gasteiger partial charge in [0.15, 0.2) is 0 Å². The lowest BCUT2D eigenvalue weighted by atomic mass is 9.87. The molecular formula is C51H82N6O6. The fourth-order valence-electron chi connectivity index (χ4n) is 9.43. The molecule has 4 aliphatic rings. The maximum atomic E-state index is 12.6. The number of aryl methyl sites for hydroxylation is 2. The van der Waals surface area contributed by atoms with Gasteiger partial charge in [-0.05, 0) is 182 Å². The Morgan fingerprint density at radius 2 is 1.08 bits per heavy atom. The Kier molecular flexibility index (Phi) is 16.7. The molecule has 4 aliphatic heterocycles. The largest absolute Gasteiger partial charge is 0.481 e. The van der Waals surface area contributed by atoms with E-state index >= 15 is 0 Å². The number of nitrogens with zero attached hydrogens (tertiary/aromatic N) is 5. The molecule has 0 unspecified atom stereocenters. The van der Waals surface area contributed by atoms with Crippen LogP contribution in [0, 0.1) is 25.7 Å². The van der Waals surface area contributed by atoms with Crippen molar-refractivity contribution in [3.8, 4) is 0 Å². The van der Waals surface area contributed by atoms with Crippen molar-refractivity contribution in [1.82, 2.24) is 20.0 Å². The fraction of sp³-hybridized carbons (Fsp3) is 0.706. The Labute approximate surface area is 380 Å². The molecule has 0 saturated carbocycles. The first kappa shape index (κ1) is 50.1. The van der Waals surface area contributed by atoms with Crippen LogP contribution in [-0.2, 0) is 32.2 Å². The van der Waals surface area contributed by atoms with Crippen LogP contribution in [0.25, 0.3) is 0 Å². The quantitative estimate of drug-likeness (QED) is 0.224. The van der Waals surface area contributed by atoms with E-state index in [9.17, 15) is 19.5 Å². The van der Waals surface area contributed by atoms with Crippen LogP contribution in [-0.4, -0.2) is 127 Å². The number of rotatable bonds is 10. The first-order chi connectivity index (χ1) is 29.4. The summed E-state index contributed by atoms with van der Waals surface area (Å²) in [6, 6.07) is 13.4. The van der Waals surface area contributed by atoms with Gasteiger partial charge in [-0.25, -0.2) is 4.79 Å². The van der Waals surface area contributed by atoms with Crippen LogP contribution < -0.4 is 15.1 Å². The zero-order valence-electron chi connectivity index (χ0n) is 41.1. The molecule has 6 rings (SSSR count). The molecule has 4 fully saturated rings. The summed E-state index contributed by atoms with van der Waals surface area (Å²) < 4.78 is 11.2. The Morgan fingerprint density at radius 1 is 0.667 bits per heavy atom. The van der Waals surface area contributed by atoms with Crippen molar-refractivity contribution in [3.05, 3.63) is 58.7 Å². The lowest BCUT2D eigenvalue weighted by Crippen LogP contribution is -2.53. The molecule has 0 radical (unpaired) electrons. The molecule has 12 heteroatoms. The number of piperidine rings is 4. The van der Waals surface area contributed by atoms with Gasteiger partial charge < -0.3 is 34.6 Å². The van der Waals surface area contributed by atoms with Crippen LogP contribution in [0.1, 0.15) is 129 Å². The highest BCUT2D eigenvalue weighted by Gasteiger charge is 2.38. The zero-order valence-corrected chi connectivity index (χ0v) is 41.1. The molecule has 2 N–H and O–H groups in total. The van der Waals surface area contributed by atoms with E-state index in [-0.39, 0.29) is 35.0 Å². The third-order valence-electron chi connectivity index (χ3n) is 14.1. The number of hydrogen-bond acceptors (Lipinski definition) is 10. The summed E-state index contributed by atoms with van der Waals surface area (Å²) in [6.45, 7) is 29.2. The average molecular weight is 875 g/mol. The number of carboxylic acid groups (broad SMARTS) is 1. The first-order valence-electron chi connectivity index (χ1n) is 23.7. The van der Waals surface area contributed by atoms with E-state index in [1.54, 1.807) is 0 Å². The number of aliphatic carboxylic acids is 1. The van der Waals surface area contributed by atoms with Gasteiger partial charge in [0.05, 0.1) is 11.8 Å². The van der Waals surface area contributed by atoms with Gasteiger partial charge in [-0.15, -0.1) is 0 Å². The molecule has 1 amide bonds. The van der Waals surface area contributed by atoms with Crippen molar-refractivity contribution >= 4 is 29.4 Å². The van der Waals surface area contributed by atoms with Crippen LogP contribution in [0.2, 0.25) is 0 Å². The molecular weight excluding hydrogens is 793 g/mol. The molecule has 0 aliphatic carbocycles. The van der Waals surface area contributed by atoms with Crippen LogP contribution in [0.4, 0.5) is 16.2 Å². The van der Waals surface area contributed by atoms with Crippen molar-refractivity contribution in [2.45, 2.75) is 156 Å². The number of ether oxygens (including phenoxy) is 2. The summed E-state index contributed by atoms with van der Waals surface area (Å²) in [6.07, 6.45) is 7.06. The highest BCUT2D eigenvalue weighted by atomic mass is 16.6. The second-order valence-corrected chi connectivity index (χ2v) is 21.6. The SMILES string of the molecule is Cc1ccc(CN(C)C2(C)CCN(C(=O)OC(C)(C)C)CC2)c(N2CCC(C(=O)OC(C)(C)C)CC2)c1.Cc1ccc(CN(C)C2(C)CCNCC2)c(N2CCC(C(=O)O)CC2)c1. The normalized spacial score (nSPS) is 20.0. The summed E-state index contributed by atoms with van der Waals surface area (Å²) >= 11 is 0. The van der Waals surface area contributed by atoms with E-state index in [4.69, 9.17) is 9.47 Å². The third kappa shape index (κ3) is 14.1. The number of likely N-dealkylation sites (tertiary alicyclic amines) is 1. The topological polar surface area (TPSA) is 118 Å². The monoisotopic (exact) mass is 875 g/mol. The van der Waals surface area contributed by atoms with E-state index in [0.29, 0.717) is 13.1 Å². The van der Waals surface area contributed by atoms with Crippen LogP contribution in [0.15, 0.2) is 36.4 Å². The lowest BCUT2D eigenvalue weighted by Gasteiger charge is -2.45. The van der Waals surface area contributed by atoms with Gasteiger partial charge in [-0.2, -0.15) is 0 Å². The molecule has 2 aromatic rings. The minimum Gasteiger partial charge on any atom is -0.481 e. The Hall–Kier alpha value is -3.87. The Bertz CT molecular complexity index is 1840. The van der Waals surface area contributed by atoms with E-state index in [0.717, 1.165) is 90.9 Å².